The Kier molecular flexibility index (Phi) is 7.53. The van der Waals surface area contributed by atoms with Gasteiger partial charge in [0.15, 0.2) is 0 Å². The molecule has 0 aliphatic carbocycles. The molecule has 0 atom stereocenters. The van der Waals surface area contributed by atoms with Gasteiger partial charge in [-0.25, -0.2) is 8.42 Å². The third-order valence-electron chi connectivity index (χ3n) is 7.25. The Morgan fingerprint density at radius 1 is 1.00 bits per heavy atom. The summed E-state index contributed by atoms with van der Waals surface area (Å²) in [5, 5.41) is 0.157. The van der Waals surface area contributed by atoms with Crippen LogP contribution in [0.3, 0.4) is 0 Å². The largest absolute Gasteiger partial charge is 0.497 e. The predicted molar refractivity (Wildman–Crippen MR) is 157 cm³/mol. The van der Waals surface area contributed by atoms with E-state index in [-0.39, 0.29) is 28.3 Å². The Morgan fingerprint density at radius 3 is 2.38 bits per heavy atom. The number of amides is 1. The van der Waals surface area contributed by atoms with Crippen molar-refractivity contribution in [3.63, 3.8) is 0 Å². The molecular formula is C30H32N4O5S. The molecule has 3 aromatic carbocycles. The Morgan fingerprint density at radius 2 is 1.73 bits per heavy atom. The Hall–Kier alpha value is -4.31. The van der Waals surface area contributed by atoms with Gasteiger partial charge in [-0.05, 0) is 74.0 Å². The molecule has 4 aromatic rings. The number of piperazine rings is 1. The number of fused-ring (bicyclic) bond motifs is 1. The van der Waals surface area contributed by atoms with Crippen molar-refractivity contribution in [2.75, 3.05) is 49.0 Å². The van der Waals surface area contributed by atoms with Crippen molar-refractivity contribution >= 4 is 38.2 Å². The molecule has 1 fully saturated rings. The van der Waals surface area contributed by atoms with Crippen LogP contribution in [0.5, 0.6) is 5.75 Å². The molecule has 0 unspecified atom stereocenters. The van der Waals surface area contributed by atoms with Crippen LogP contribution >= 0.6 is 0 Å². The number of anilines is 2. The van der Waals surface area contributed by atoms with E-state index in [0.29, 0.717) is 37.4 Å². The van der Waals surface area contributed by atoms with E-state index in [4.69, 9.17) is 4.74 Å². The molecule has 10 heteroatoms. The number of nitrogens with zero attached hydrogens (tertiary/aromatic N) is 3. The highest BCUT2D eigenvalue weighted by molar-refractivity contribution is 7.92. The lowest BCUT2D eigenvalue weighted by Gasteiger charge is -2.36. The molecule has 0 radical (unpaired) electrons. The molecule has 208 valence electrons. The number of rotatable bonds is 7. The van der Waals surface area contributed by atoms with E-state index in [1.807, 2.05) is 43.3 Å². The molecule has 0 saturated carbocycles. The fraction of sp³-hybridized carbons (Fsp3) is 0.267. The number of nitrogens with one attached hydrogen (secondary N) is 1. The molecule has 0 bridgehead atoms. The minimum absolute atomic E-state index is 0.00781. The maximum atomic E-state index is 13.6. The third-order valence-corrected chi connectivity index (χ3v) is 9.15. The summed E-state index contributed by atoms with van der Waals surface area (Å²) < 4.78 is 33.7. The average Bonchev–Trinajstić information content (AvgIpc) is 2.97. The van der Waals surface area contributed by atoms with Gasteiger partial charge in [-0.3, -0.25) is 13.9 Å². The van der Waals surface area contributed by atoms with Gasteiger partial charge in [0.1, 0.15) is 11.3 Å². The van der Waals surface area contributed by atoms with Gasteiger partial charge >= 0.3 is 0 Å². The van der Waals surface area contributed by atoms with Crippen molar-refractivity contribution in [3.05, 3.63) is 94.3 Å². The third kappa shape index (κ3) is 5.14. The second-order valence-corrected chi connectivity index (χ2v) is 11.6. The number of aromatic nitrogens is 1. The van der Waals surface area contributed by atoms with Gasteiger partial charge in [0, 0.05) is 55.5 Å². The minimum atomic E-state index is -3.95. The number of benzene rings is 3. The number of sulfonamides is 1. The second-order valence-electron chi connectivity index (χ2n) is 9.72. The molecule has 1 aliphatic heterocycles. The van der Waals surface area contributed by atoms with Gasteiger partial charge < -0.3 is 19.5 Å². The normalized spacial score (nSPS) is 13.9. The smallest absolute Gasteiger partial charge is 0.264 e. The summed E-state index contributed by atoms with van der Waals surface area (Å²) >= 11 is 0. The molecule has 1 aromatic heterocycles. The van der Waals surface area contributed by atoms with Gasteiger partial charge in [-0.15, -0.1) is 0 Å². The second kappa shape index (κ2) is 11.1. The fourth-order valence-corrected chi connectivity index (χ4v) is 6.54. The highest BCUT2D eigenvalue weighted by Crippen LogP contribution is 2.26. The first-order chi connectivity index (χ1) is 19.2. The first-order valence-electron chi connectivity index (χ1n) is 13.2. The van der Waals surface area contributed by atoms with E-state index < -0.39 is 15.5 Å². The van der Waals surface area contributed by atoms with Crippen molar-refractivity contribution in [2.24, 2.45) is 0 Å². The predicted octanol–water partition coefficient (Wildman–Crippen LogP) is 4.02. The first kappa shape index (κ1) is 27.3. The zero-order valence-electron chi connectivity index (χ0n) is 22.8. The lowest BCUT2D eigenvalue weighted by Crippen LogP contribution is -2.49. The molecule has 9 nitrogen and oxygen atoms in total. The van der Waals surface area contributed by atoms with Crippen LogP contribution in [0.2, 0.25) is 0 Å². The van der Waals surface area contributed by atoms with Crippen LogP contribution in [0.1, 0.15) is 22.8 Å². The van der Waals surface area contributed by atoms with Gasteiger partial charge in [0.05, 0.1) is 17.7 Å². The van der Waals surface area contributed by atoms with Crippen molar-refractivity contribution in [3.8, 4) is 5.75 Å². The number of aryl methyl sites for hydroxylation is 1. The molecule has 1 N–H and O–H groups in total. The van der Waals surface area contributed by atoms with E-state index in [9.17, 15) is 18.0 Å². The lowest BCUT2D eigenvalue weighted by atomic mass is 10.1. The highest BCUT2D eigenvalue weighted by atomic mass is 32.2. The van der Waals surface area contributed by atoms with Gasteiger partial charge in [0.25, 0.3) is 15.9 Å². The van der Waals surface area contributed by atoms with E-state index in [2.05, 4.69) is 9.88 Å². The first-order valence-corrected chi connectivity index (χ1v) is 14.6. The molecule has 5 rings (SSSR count). The standard InChI is InChI=1S/C30H32N4O5S/c1-4-34(23-7-5-6-21(2)18-23)40(37,38)25-12-13-28-26(19-25)29(35)27(20-31-28)30(36)33-16-14-32(15-17-33)22-8-10-24(39-3)11-9-22/h5-13,18-20H,4,14-17H2,1-3H3,(H,31,35). The maximum absolute atomic E-state index is 13.6. The summed E-state index contributed by atoms with van der Waals surface area (Å²) in [5.41, 5.74) is 2.49. The molecule has 2 heterocycles. The van der Waals surface area contributed by atoms with Crippen LogP contribution in [0.25, 0.3) is 10.9 Å². The molecule has 1 aliphatic rings. The number of hydrogen-bond acceptors (Lipinski definition) is 6. The monoisotopic (exact) mass is 560 g/mol. The van der Waals surface area contributed by atoms with Crippen molar-refractivity contribution in [2.45, 2.75) is 18.7 Å². The Labute approximate surface area is 233 Å². The number of methoxy groups -OCH3 is 1. The Balaban J connectivity index is 1.39. The van der Waals surface area contributed by atoms with Gasteiger partial charge in [-0.2, -0.15) is 0 Å². The van der Waals surface area contributed by atoms with E-state index in [0.717, 1.165) is 17.0 Å². The van der Waals surface area contributed by atoms with Gasteiger partial charge in [-0.1, -0.05) is 12.1 Å². The number of ether oxygens (including phenoxy) is 1. The zero-order chi connectivity index (χ0) is 28.4. The number of aromatic amines is 1. The zero-order valence-corrected chi connectivity index (χ0v) is 23.6. The lowest BCUT2D eigenvalue weighted by molar-refractivity contribution is 0.0745. The molecule has 1 saturated heterocycles. The van der Waals surface area contributed by atoms with Crippen LogP contribution in [-0.4, -0.2) is 64.0 Å². The van der Waals surface area contributed by atoms with Crippen LogP contribution < -0.4 is 19.4 Å². The van der Waals surface area contributed by atoms with Crippen molar-refractivity contribution in [1.29, 1.82) is 0 Å². The molecule has 40 heavy (non-hydrogen) atoms. The average molecular weight is 561 g/mol. The number of carbonyl (C=O) groups is 1. The topological polar surface area (TPSA) is 103 Å². The number of H-pyrrole nitrogens is 1. The quantitative estimate of drug-likeness (QED) is 0.366. The van der Waals surface area contributed by atoms with Crippen LogP contribution in [-0.2, 0) is 10.0 Å². The van der Waals surface area contributed by atoms with Crippen molar-refractivity contribution < 1.29 is 17.9 Å². The van der Waals surface area contributed by atoms with Crippen LogP contribution in [0, 0.1) is 6.92 Å². The molecule has 0 spiro atoms. The summed E-state index contributed by atoms with van der Waals surface area (Å²) in [6.07, 6.45) is 1.42. The minimum Gasteiger partial charge on any atom is -0.497 e. The maximum Gasteiger partial charge on any atom is 0.264 e. The number of hydrogen-bond donors (Lipinski definition) is 1. The summed E-state index contributed by atoms with van der Waals surface area (Å²) in [6.45, 7) is 6.05. The van der Waals surface area contributed by atoms with Crippen LogP contribution in [0.15, 0.2) is 82.6 Å². The fourth-order valence-electron chi connectivity index (χ4n) is 5.05. The SMILES string of the molecule is CCN(c1cccc(C)c1)S(=O)(=O)c1ccc2[nH]cc(C(=O)N3CCN(c4ccc(OC)cc4)CC3)c(=O)c2c1. The highest BCUT2D eigenvalue weighted by Gasteiger charge is 2.27. The Bertz CT molecular complexity index is 1710. The van der Waals surface area contributed by atoms with E-state index in [1.54, 1.807) is 37.1 Å². The number of carbonyl (C=O) groups excluding carboxylic acids is 1. The summed E-state index contributed by atoms with van der Waals surface area (Å²) in [6, 6.07) is 19.4. The van der Waals surface area contributed by atoms with E-state index in [1.165, 1.54) is 22.6 Å². The van der Waals surface area contributed by atoms with Crippen LogP contribution in [0.4, 0.5) is 11.4 Å². The van der Waals surface area contributed by atoms with Gasteiger partial charge in [0.2, 0.25) is 5.43 Å². The summed E-state index contributed by atoms with van der Waals surface area (Å²) in [4.78, 5) is 33.7. The van der Waals surface area contributed by atoms with E-state index >= 15 is 0 Å². The summed E-state index contributed by atoms with van der Waals surface area (Å²) in [7, 11) is -2.32. The molecule has 1 amide bonds. The number of pyridine rings is 1. The van der Waals surface area contributed by atoms with Crippen molar-refractivity contribution in [1.82, 2.24) is 9.88 Å². The molecular weight excluding hydrogens is 528 g/mol. The summed E-state index contributed by atoms with van der Waals surface area (Å²) in [5.74, 6) is 0.405.